The first-order valence-corrected chi connectivity index (χ1v) is 14.9. The number of aryl methyl sites for hydroxylation is 2. The molecular formula is C33H29N3O3S. The van der Waals surface area contributed by atoms with Crippen molar-refractivity contribution in [3.63, 3.8) is 0 Å². The van der Waals surface area contributed by atoms with Crippen LogP contribution in [0.15, 0.2) is 35.3 Å². The van der Waals surface area contributed by atoms with Gasteiger partial charge in [0.05, 0.1) is 22.4 Å². The molecule has 40 heavy (non-hydrogen) atoms. The smallest absolute Gasteiger partial charge is 0.210 e. The Labute approximate surface area is 237 Å². The molecule has 200 valence electrons. The standard InChI is InChI=1S/C33H29N3O3S/c37-33(38)25-17-21(34-18-40)9-10-22(25)28-26-15-19-5-1-11-35-13-3-7-23(29(19)35)31(26)39-32-24-8-4-14-36-12-2-6-20(30(24)36)16-27(28)32/h9-10,15-17H,1-8,11-14H2. The van der Waals surface area contributed by atoms with Crippen LogP contribution in [0, 0.1) is 0 Å². The van der Waals surface area contributed by atoms with E-state index in [4.69, 9.17) is 17.0 Å². The van der Waals surface area contributed by atoms with Crippen LogP contribution in [0.1, 0.15) is 69.4 Å². The van der Waals surface area contributed by atoms with Crippen molar-refractivity contribution in [3.8, 4) is 11.5 Å². The predicted molar refractivity (Wildman–Crippen MR) is 156 cm³/mol. The second-order valence-electron chi connectivity index (χ2n) is 11.6. The lowest BCUT2D eigenvalue weighted by Gasteiger charge is -2.39. The summed E-state index contributed by atoms with van der Waals surface area (Å²) in [4.78, 5) is 19.2. The number of thiocarbonyl (C=S) groups is 1. The largest absolute Gasteiger partial charge is 0.545 e. The van der Waals surface area contributed by atoms with Gasteiger partial charge < -0.3 is 19.5 Å². The number of isothiocyanates is 1. The Balaban J connectivity index is 1.53. The van der Waals surface area contributed by atoms with Gasteiger partial charge in [0.15, 0.2) is 0 Å². The van der Waals surface area contributed by atoms with Crippen LogP contribution < -0.4 is 29.9 Å². The van der Waals surface area contributed by atoms with Gasteiger partial charge in [-0.1, -0.05) is 6.07 Å². The van der Waals surface area contributed by atoms with Gasteiger partial charge in [-0.3, -0.25) is 0 Å². The van der Waals surface area contributed by atoms with Crippen LogP contribution in [-0.4, -0.2) is 37.3 Å². The minimum Gasteiger partial charge on any atom is -0.545 e. The number of ether oxygens (including phenoxy) is 1. The van der Waals surface area contributed by atoms with E-state index in [1.54, 1.807) is 6.07 Å². The second kappa shape index (κ2) is 9.12. The number of nitrogens with zero attached hydrogens (tertiary/aromatic N) is 3. The van der Waals surface area contributed by atoms with Crippen LogP contribution in [-0.2, 0) is 25.7 Å². The molecule has 0 atom stereocenters. The van der Waals surface area contributed by atoms with Gasteiger partial charge in [0.1, 0.15) is 24.6 Å². The zero-order chi connectivity index (χ0) is 27.0. The topological polar surface area (TPSA) is 68.0 Å². The molecule has 7 heteroatoms. The Hall–Kier alpha value is -3.80. The number of hydrogen-bond acceptors (Lipinski definition) is 6. The highest BCUT2D eigenvalue weighted by atomic mass is 32.1. The average molecular weight is 548 g/mol. The minimum absolute atomic E-state index is 0.112. The number of anilines is 1. The lowest BCUT2D eigenvalue weighted by Crippen LogP contribution is -2.45. The zero-order valence-electron chi connectivity index (χ0n) is 22.3. The van der Waals surface area contributed by atoms with Crippen LogP contribution >= 0.6 is 12.2 Å². The Kier molecular flexibility index (Phi) is 5.48. The molecule has 5 aliphatic rings. The number of hydrogen-bond donors (Lipinski definition) is 0. The number of fused-ring (bicyclic) bond motifs is 4. The Morgan fingerprint density at radius 3 is 2.52 bits per heavy atom. The van der Waals surface area contributed by atoms with Crippen LogP contribution in [0.3, 0.4) is 0 Å². The lowest BCUT2D eigenvalue weighted by atomic mass is 9.81. The summed E-state index contributed by atoms with van der Waals surface area (Å²) in [6, 6.07) is 9.80. The molecule has 0 unspecified atom stereocenters. The first-order chi connectivity index (χ1) is 19.6. The lowest BCUT2D eigenvalue weighted by molar-refractivity contribution is -0.255. The number of benzene rings is 3. The van der Waals surface area contributed by atoms with E-state index in [2.05, 4.69) is 31.8 Å². The summed E-state index contributed by atoms with van der Waals surface area (Å²) in [6.45, 7) is 4.32. The van der Waals surface area contributed by atoms with E-state index in [0.29, 0.717) is 11.3 Å². The van der Waals surface area contributed by atoms with E-state index >= 15 is 0 Å². The van der Waals surface area contributed by atoms with Gasteiger partial charge in [-0.15, -0.1) is 0 Å². The Morgan fingerprint density at radius 1 is 0.925 bits per heavy atom. The van der Waals surface area contributed by atoms with Gasteiger partial charge in [0, 0.05) is 64.7 Å². The predicted octanol–water partition coefficient (Wildman–Crippen LogP) is 3.22. The molecule has 3 aromatic carbocycles. The quantitative estimate of drug-likeness (QED) is 0.224. The molecule has 0 amide bonds. The van der Waals surface area contributed by atoms with Gasteiger partial charge in [-0.05, 0) is 86.1 Å². The van der Waals surface area contributed by atoms with E-state index in [-0.39, 0.29) is 5.56 Å². The summed E-state index contributed by atoms with van der Waals surface area (Å²) in [5.41, 5.74) is 9.70. The number of carbonyl (C=O) groups excluding carboxylic acids is 1. The van der Waals surface area contributed by atoms with Crippen LogP contribution in [0.2, 0.25) is 0 Å². The molecule has 0 saturated heterocycles. The summed E-state index contributed by atoms with van der Waals surface area (Å²) in [7, 11) is 0. The average Bonchev–Trinajstić information content (AvgIpc) is 2.97. The fourth-order valence-corrected chi connectivity index (χ4v) is 7.95. The number of aromatic carboxylic acids is 1. The molecule has 0 aromatic heterocycles. The van der Waals surface area contributed by atoms with Crippen molar-refractivity contribution in [2.75, 3.05) is 31.1 Å². The molecular weight excluding hydrogens is 518 g/mol. The fraction of sp³-hybridized carbons (Fsp3) is 0.364. The SMILES string of the molecule is O=C([O-])c1cc(N=C=S)ccc1C1=c2cc3c4c(c2Oc2c1cc1c5c2CCCN5CCC1)CCC[N+]=4CCC3. The van der Waals surface area contributed by atoms with E-state index in [0.717, 1.165) is 105 Å². The van der Waals surface area contributed by atoms with Crippen molar-refractivity contribution >= 4 is 40.3 Å². The van der Waals surface area contributed by atoms with Gasteiger partial charge in [0.2, 0.25) is 5.36 Å². The highest BCUT2D eigenvalue weighted by Crippen LogP contribution is 2.48. The van der Waals surface area contributed by atoms with E-state index in [1.165, 1.54) is 33.3 Å². The van der Waals surface area contributed by atoms with Crippen LogP contribution in [0.25, 0.3) is 5.57 Å². The van der Waals surface area contributed by atoms with Crippen molar-refractivity contribution in [3.05, 3.63) is 79.9 Å². The summed E-state index contributed by atoms with van der Waals surface area (Å²) >= 11 is 4.79. The molecule has 0 aliphatic carbocycles. The first-order valence-electron chi connectivity index (χ1n) is 14.5. The molecule has 0 saturated carbocycles. The molecule has 3 aromatic rings. The summed E-state index contributed by atoms with van der Waals surface area (Å²) in [5.74, 6) is 0.582. The van der Waals surface area contributed by atoms with Gasteiger partial charge in [-0.2, -0.15) is 4.99 Å². The van der Waals surface area contributed by atoms with Crippen molar-refractivity contribution in [2.24, 2.45) is 4.99 Å². The van der Waals surface area contributed by atoms with E-state index in [9.17, 15) is 9.90 Å². The van der Waals surface area contributed by atoms with Gasteiger partial charge in [0.25, 0.3) is 0 Å². The molecule has 0 bridgehead atoms. The van der Waals surface area contributed by atoms with Crippen molar-refractivity contribution in [2.45, 2.75) is 51.4 Å². The molecule has 0 radical (unpaired) electrons. The zero-order valence-corrected chi connectivity index (χ0v) is 23.2. The third kappa shape index (κ3) is 3.47. The Bertz CT molecular complexity index is 1830. The number of aliphatic imine (C=N–C) groups is 1. The van der Waals surface area contributed by atoms with Crippen molar-refractivity contribution < 1.29 is 14.6 Å². The van der Waals surface area contributed by atoms with Crippen LogP contribution in [0.5, 0.6) is 11.5 Å². The van der Waals surface area contributed by atoms with Crippen molar-refractivity contribution in [1.82, 2.24) is 4.58 Å². The Morgan fingerprint density at radius 2 is 1.70 bits per heavy atom. The maximum Gasteiger partial charge on any atom is 0.210 e. The molecule has 0 N–H and O–H groups in total. The molecule has 0 spiro atoms. The monoisotopic (exact) mass is 547 g/mol. The maximum atomic E-state index is 12.6. The molecule has 5 aliphatic heterocycles. The molecule has 5 heterocycles. The van der Waals surface area contributed by atoms with Crippen molar-refractivity contribution in [1.29, 1.82) is 0 Å². The first kappa shape index (κ1) is 24.0. The normalized spacial score (nSPS) is 18.1. The van der Waals surface area contributed by atoms with Crippen LogP contribution in [0.4, 0.5) is 11.4 Å². The summed E-state index contributed by atoms with van der Waals surface area (Å²) < 4.78 is 9.58. The number of carbonyl (C=O) groups is 1. The maximum absolute atomic E-state index is 12.6. The number of carboxylic acid groups (broad SMARTS) is 1. The number of carboxylic acids is 1. The van der Waals surface area contributed by atoms with E-state index in [1.807, 2.05) is 12.1 Å². The third-order valence-corrected chi connectivity index (χ3v) is 9.45. The number of rotatable bonds is 3. The molecule has 8 rings (SSSR count). The third-order valence-electron chi connectivity index (χ3n) is 9.35. The second-order valence-corrected chi connectivity index (χ2v) is 11.7. The van der Waals surface area contributed by atoms with Gasteiger partial charge >= 0.3 is 0 Å². The molecule has 6 nitrogen and oxygen atoms in total. The van der Waals surface area contributed by atoms with E-state index < -0.39 is 5.97 Å². The highest BCUT2D eigenvalue weighted by molar-refractivity contribution is 7.78. The highest BCUT2D eigenvalue weighted by Gasteiger charge is 2.36. The van der Waals surface area contributed by atoms with Gasteiger partial charge in [-0.25, -0.2) is 4.58 Å². The summed E-state index contributed by atoms with van der Waals surface area (Å²) in [5, 5.41) is 17.3. The summed E-state index contributed by atoms with van der Waals surface area (Å²) in [6.07, 6.45) is 8.40. The fourth-order valence-electron chi connectivity index (χ4n) is 7.85. The minimum atomic E-state index is -1.23. The molecule has 0 fully saturated rings.